The van der Waals surface area contributed by atoms with Crippen molar-refractivity contribution >= 4 is 17.7 Å². The molecule has 1 fully saturated rings. The van der Waals surface area contributed by atoms with Crippen molar-refractivity contribution in [3.63, 3.8) is 0 Å². The van der Waals surface area contributed by atoms with Gasteiger partial charge in [0.05, 0.1) is 30.7 Å². The molecule has 1 amide bonds. The summed E-state index contributed by atoms with van der Waals surface area (Å²) in [4.78, 5) is 38.8. The van der Waals surface area contributed by atoms with Crippen molar-refractivity contribution in [2.75, 3.05) is 13.1 Å². The van der Waals surface area contributed by atoms with Crippen molar-refractivity contribution in [1.82, 2.24) is 16.0 Å². The van der Waals surface area contributed by atoms with Crippen LogP contribution in [-0.4, -0.2) is 66.2 Å². The van der Waals surface area contributed by atoms with Crippen LogP contribution in [0.1, 0.15) is 71.3 Å². The fourth-order valence-electron chi connectivity index (χ4n) is 5.49. The third kappa shape index (κ3) is 11.0. The number of carbonyl (C=O) groups excluding carboxylic acids is 2. The predicted octanol–water partition coefficient (Wildman–Crippen LogP) is 1.26. The Labute approximate surface area is 233 Å². The summed E-state index contributed by atoms with van der Waals surface area (Å²) >= 11 is 0. The average Bonchev–Trinajstić information content (AvgIpc) is 2.88. The van der Waals surface area contributed by atoms with Crippen LogP contribution in [0.4, 0.5) is 0 Å². The summed E-state index contributed by atoms with van der Waals surface area (Å²) in [6.07, 6.45) is 3.33. The van der Waals surface area contributed by atoms with Gasteiger partial charge in [0.25, 0.3) is 0 Å². The van der Waals surface area contributed by atoms with Crippen LogP contribution in [0.3, 0.4) is 0 Å². The number of amides is 1. The third-order valence-electron chi connectivity index (χ3n) is 7.51. The van der Waals surface area contributed by atoms with Gasteiger partial charge >= 0.3 is 5.97 Å². The van der Waals surface area contributed by atoms with Crippen molar-refractivity contribution in [2.24, 2.45) is 28.5 Å². The van der Waals surface area contributed by atoms with Gasteiger partial charge in [0, 0.05) is 12.6 Å². The molecule has 1 aliphatic heterocycles. The molecule has 39 heavy (non-hydrogen) atoms. The number of nitrogens with two attached hydrogens (primary N) is 3. The fraction of sp³-hybridized carbons (Fsp3) is 0.690. The number of carbonyl (C=O) groups is 3. The van der Waals surface area contributed by atoms with Gasteiger partial charge in [-0.3, -0.25) is 19.7 Å². The fourth-order valence-corrected chi connectivity index (χ4v) is 5.49. The first-order valence-electron chi connectivity index (χ1n) is 14.3. The van der Waals surface area contributed by atoms with Crippen molar-refractivity contribution < 1.29 is 19.5 Å². The van der Waals surface area contributed by atoms with E-state index in [1.807, 2.05) is 51.1 Å². The molecule has 220 valence electrons. The molecule has 10 N–H and O–H groups in total. The van der Waals surface area contributed by atoms with Crippen molar-refractivity contribution in [1.29, 1.82) is 0 Å². The van der Waals surface area contributed by atoms with E-state index in [1.54, 1.807) is 0 Å². The highest BCUT2D eigenvalue weighted by Gasteiger charge is 2.44. The Morgan fingerprint density at radius 1 is 1.15 bits per heavy atom. The molecular weight excluding hydrogens is 496 g/mol. The minimum Gasteiger partial charge on any atom is -0.481 e. The van der Waals surface area contributed by atoms with Crippen molar-refractivity contribution in [3.05, 3.63) is 35.9 Å². The first-order valence-corrected chi connectivity index (χ1v) is 14.3. The van der Waals surface area contributed by atoms with Crippen LogP contribution in [0.5, 0.6) is 0 Å². The number of aliphatic carboxylic acids is 1. The molecule has 6 atom stereocenters. The standard InChI is InChI=1S/C29H50N6O4/c1-4-5-11-22(27(38)24-14-29(18-30,16-26(36)37)15-25(32)34-24)35-28(39)23(12-19(2)3)33-17-21(31)13-20-9-7-6-8-10-20/h6-10,19,21-25,33-34H,4-5,11-18,30-32H2,1-3H3,(H,35,39)(H,36,37)/t21-,22-,23-,24?,25?,29?/m1/s1. The van der Waals surface area contributed by atoms with E-state index in [0.717, 1.165) is 18.4 Å². The highest BCUT2D eigenvalue weighted by atomic mass is 16.4. The summed E-state index contributed by atoms with van der Waals surface area (Å²) in [5.41, 5.74) is 18.9. The molecule has 0 aromatic heterocycles. The second-order valence-corrected chi connectivity index (χ2v) is 11.7. The maximum absolute atomic E-state index is 13.7. The van der Waals surface area contributed by atoms with E-state index < -0.39 is 35.7 Å². The van der Waals surface area contributed by atoms with E-state index in [9.17, 15) is 19.5 Å². The number of Topliss-reactive ketones (excluding diaryl/α,β-unsaturated/α-hetero) is 1. The lowest BCUT2D eigenvalue weighted by Crippen LogP contribution is -2.62. The molecule has 10 nitrogen and oxygen atoms in total. The zero-order valence-corrected chi connectivity index (χ0v) is 23.8. The highest BCUT2D eigenvalue weighted by Crippen LogP contribution is 2.36. The number of piperidine rings is 1. The zero-order chi connectivity index (χ0) is 29.0. The molecule has 10 heteroatoms. The van der Waals surface area contributed by atoms with Gasteiger partial charge in [-0.15, -0.1) is 0 Å². The van der Waals surface area contributed by atoms with Gasteiger partial charge < -0.3 is 32.9 Å². The van der Waals surface area contributed by atoms with Gasteiger partial charge in [-0.1, -0.05) is 63.9 Å². The molecule has 0 saturated carbocycles. The SMILES string of the molecule is CCCC[C@@H](NC(=O)[C@@H](CC(C)C)NC[C@H](N)Cc1ccccc1)C(=O)C1CC(CN)(CC(=O)O)CC(N)N1. The molecule has 1 heterocycles. The maximum Gasteiger partial charge on any atom is 0.303 e. The Morgan fingerprint density at radius 2 is 1.85 bits per heavy atom. The maximum atomic E-state index is 13.7. The van der Waals surface area contributed by atoms with Crippen LogP contribution >= 0.6 is 0 Å². The van der Waals surface area contributed by atoms with E-state index in [4.69, 9.17) is 17.2 Å². The highest BCUT2D eigenvalue weighted by molar-refractivity contribution is 5.94. The Hall–Kier alpha value is -2.37. The van der Waals surface area contributed by atoms with Gasteiger partial charge in [-0.2, -0.15) is 0 Å². The molecule has 1 aliphatic rings. The van der Waals surface area contributed by atoms with Gasteiger partial charge in [0.2, 0.25) is 5.91 Å². The molecule has 0 bridgehead atoms. The van der Waals surface area contributed by atoms with Crippen molar-refractivity contribution in [3.8, 4) is 0 Å². The number of hydrogen-bond acceptors (Lipinski definition) is 8. The number of unbranched alkanes of at least 4 members (excludes halogenated alkanes) is 1. The number of carboxylic acids is 1. The molecule has 1 saturated heterocycles. The lowest BCUT2D eigenvalue weighted by Gasteiger charge is -2.43. The molecular formula is C29H50N6O4. The van der Waals surface area contributed by atoms with Crippen LogP contribution in [0.2, 0.25) is 0 Å². The molecule has 3 unspecified atom stereocenters. The van der Waals surface area contributed by atoms with Crippen LogP contribution in [-0.2, 0) is 20.8 Å². The van der Waals surface area contributed by atoms with Crippen LogP contribution in [0.15, 0.2) is 30.3 Å². The molecule has 0 radical (unpaired) electrons. The summed E-state index contributed by atoms with van der Waals surface area (Å²) in [5, 5.41) is 18.9. The minimum absolute atomic E-state index is 0.119. The lowest BCUT2D eigenvalue weighted by atomic mass is 9.71. The van der Waals surface area contributed by atoms with E-state index in [0.29, 0.717) is 32.2 Å². The normalized spacial score (nSPS) is 23.7. The quantitative estimate of drug-likeness (QED) is 0.151. The van der Waals surface area contributed by atoms with Gasteiger partial charge in [0.15, 0.2) is 5.78 Å². The molecule has 1 aromatic carbocycles. The topological polar surface area (TPSA) is 186 Å². The summed E-state index contributed by atoms with van der Waals surface area (Å²) in [6, 6.07) is 7.91. The minimum atomic E-state index is -0.968. The number of nitrogens with one attached hydrogen (secondary N) is 3. The van der Waals surface area contributed by atoms with E-state index in [2.05, 4.69) is 16.0 Å². The summed E-state index contributed by atoms with van der Waals surface area (Å²) in [7, 11) is 0. The number of ketones is 1. The number of carboxylic acid groups (broad SMARTS) is 1. The molecule has 0 aliphatic carbocycles. The Bertz CT molecular complexity index is 914. The third-order valence-corrected chi connectivity index (χ3v) is 7.51. The van der Waals surface area contributed by atoms with Crippen LogP contribution in [0.25, 0.3) is 0 Å². The largest absolute Gasteiger partial charge is 0.481 e. The average molecular weight is 547 g/mol. The molecule has 0 spiro atoms. The number of rotatable bonds is 17. The first-order chi connectivity index (χ1) is 18.5. The van der Waals surface area contributed by atoms with E-state index >= 15 is 0 Å². The Morgan fingerprint density at radius 3 is 2.44 bits per heavy atom. The van der Waals surface area contributed by atoms with E-state index in [1.165, 1.54) is 0 Å². The summed E-state index contributed by atoms with van der Waals surface area (Å²) in [6.45, 7) is 6.71. The lowest BCUT2D eigenvalue weighted by molar-refractivity contribution is -0.141. The second-order valence-electron chi connectivity index (χ2n) is 11.7. The van der Waals surface area contributed by atoms with Gasteiger partial charge in [-0.25, -0.2) is 0 Å². The smallest absolute Gasteiger partial charge is 0.303 e. The molecule has 1 aromatic rings. The second kappa shape index (κ2) is 16.0. The van der Waals surface area contributed by atoms with Gasteiger partial charge in [0.1, 0.15) is 0 Å². The molecule has 2 rings (SSSR count). The summed E-state index contributed by atoms with van der Waals surface area (Å²) < 4.78 is 0. The number of hydrogen-bond donors (Lipinski definition) is 7. The van der Waals surface area contributed by atoms with Crippen LogP contribution < -0.4 is 33.2 Å². The zero-order valence-electron chi connectivity index (χ0n) is 23.8. The monoisotopic (exact) mass is 546 g/mol. The van der Waals surface area contributed by atoms with E-state index in [-0.39, 0.29) is 43.0 Å². The van der Waals surface area contributed by atoms with Crippen LogP contribution in [0, 0.1) is 11.3 Å². The predicted molar refractivity (Wildman–Crippen MR) is 154 cm³/mol. The summed E-state index contributed by atoms with van der Waals surface area (Å²) in [5.74, 6) is -1.13. The Kier molecular flexibility index (Phi) is 13.5. The van der Waals surface area contributed by atoms with Crippen molar-refractivity contribution in [2.45, 2.75) is 102 Å². The Balaban J connectivity index is 2.12. The first kappa shape index (κ1) is 32.8. The number of benzene rings is 1. The van der Waals surface area contributed by atoms with Gasteiger partial charge in [-0.05, 0) is 55.5 Å².